The van der Waals surface area contributed by atoms with Crippen molar-refractivity contribution < 1.29 is 9.59 Å². The van der Waals surface area contributed by atoms with Crippen molar-refractivity contribution >= 4 is 11.8 Å². The fraction of sp³-hybridized carbons (Fsp3) is 0.333. The van der Waals surface area contributed by atoms with Gasteiger partial charge in [0.05, 0.1) is 18.4 Å². The van der Waals surface area contributed by atoms with E-state index in [0.717, 1.165) is 24.0 Å². The Bertz CT molecular complexity index is 832. The van der Waals surface area contributed by atoms with Gasteiger partial charge in [-0.05, 0) is 30.9 Å². The molecule has 4 heteroatoms. The monoisotopic (exact) mass is 376 g/mol. The van der Waals surface area contributed by atoms with Crippen molar-refractivity contribution in [3.05, 3.63) is 83.9 Å². The van der Waals surface area contributed by atoms with E-state index in [1.54, 1.807) is 6.08 Å². The number of hydrogen-bond acceptors (Lipinski definition) is 2. The van der Waals surface area contributed by atoms with Crippen LogP contribution < -0.4 is 5.32 Å². The van der Waals surface area contributed by atoms with Crippen LogP contribution in [0.5, 0.6) is 0 Å². The molecule has 28 heavy (non-hydrogen) atoms. The summed E-state index contributed by atoms with van der Waals surface area (Å²) in [6.07, 6.45) is 3.59. The molecule has 0 spiro atoms. The van der Waals surface area contributed by atoms with Crippen molar-refractivity contribution in [2.75, 3.05) is 13.1 Å². The van der Waals surface area contributed by atoms with Gasteiger partial charge in [-0.3, -0.25) is 9.59 Å². The quantitative estimate of drug-likeness (QED) is 0.779. The summed E-state index contributed by atoms with van der Waals surface area (Å²) in [7, 11) is 0. The SMILES string of the molecule is C=CCNC(=O)C1CCC(c2cccc(C)c2)N(C(=O)Cc2ccccc2)C1. The van der Waals surface area contributed by atoms with Crippen LogP contribution in [0.25, 0.3) is 0 Å². The number of benzene rings is 2. The lowest BCUT2D eigenvalue weighted by molar-refractivity contribution is -0.138. The Morgan fingerprint density at radius 3 is 2.64 bits per heavy atom. The summed E-state index contributed by atoms with van der Waals surface area (Å²) in [5.41, 5.74) is 3.32. The van der Waals surface area contributed by atoms with E-state index in [1.807, 2.05) is 41.3 Å². The predicted octanol–water partition coefficient (Wildman–Crippen LogP) is 3.82. The summed E-state index contributed by atoms with van der Waals surface area (Å²) in [5, 5.41) is 2.88. The topological polar surface area (TPSA) is 49.4 Å². The van der Waals surface area contributed by atoms with Crippen molar-refractivity contribution in [1.29, 1.82) is 0 Å². The Morgan fingerprint density at radius 2 is 1.93 bits per heavy atom. The maximum absolute atomic E-state index is 13.2. The number of nitrogens with zero attached hydrogens (tertiary/aromatic N) is 1. The molecule has 0 aliphatic carbocycles. The molecule has 2 atom stereocenters. The largest absolute Gasteiger partial charge is 0.352 e. The van der Waals surface area contributed by atoms with Crippen LogP contribution in [-0.4, -0.2) is 29.8 Å². The summed E-state index contributed by atoms with van der Waals surface area (Å²) in [5.74, 6) is -0.111. The fourth-order valence-corrected chi connectivity index (χ4v) is 3.87. The molecule has 0 bridgehead atoms. The molecule has 1 N–H and O–H groups in total. The summed E-state index contributed by atoms with van der Waals surface area (Å²) in [6, 6.07) is 18.1. The Hall–Kier alpha value is -2.88. The highest BCUT2D eigenvalue weighted by atomic mass is 16.2. The van der Waals surface area contributed by atoms with Gasteiger partial charge in [-0.2, -0.15) is 0 Å². The van der Waals surface area contributed by atoms with E-state index >= 15 is 0 Å². The van der Waals surface area contributed by atoms with E-state index in [-0.39, 0.29) is 23.8 Å². The molecule has 4 nitrogen and oxygen atoms in total. The number of piperidine rings is 1. The molecule has 146 valence electrons. The lowest BCUT2D eigenvalue weighted by Gasteiger charge is -2.39. The lowest BCUT2D eigenvalue weighted by atomic mass is 9.87. The van der Waals surface area contributed by atoms with Gasteiger partial charge in [0.2, 0.25) is 11.8 Å². The zero-order valence-electron chi connectivity index (χ0n) is 16.4. The van der Waals surface area contributed by atoms with Crippen molar-refractivity contribution in [3.63, 3.8) is 0 Å². The van der Waals surface area contributed by atoms with Gasteiger partial charge >= 0.3 is 0 Å². The first kappa shape index (κ1) is 19.9. The van der Waals surface area contributed by atoms with Gasteiger partial charge in [-0.1, -0.05) is 66.2 Å². The Labute approximate surface area is 167 Å². The number of hydrogen-bond donors (Lipinski definition) is 1. The molecule has 1 saturated heterocycles. The molecule has 0 radical (unpaired) electrons. The first-order chi connectivity index (χ1) is 13.6. The van der Waals surface area contributed by atoms with Gasteiger partial charge in [-0.25, -0.2) is 0 Å². The number of rotatable bonds is 6. The molecular weight excluding hydrogens is 348 g/mol. The van der Waals surface area contributed by atoms with E-state index in [1.165, 1.54) is 5.56 Å². The average molecular weight is 377 g/mol. The summed E-state index contributed by atoms with van der Waals surface area (Å²) >= 11 is 0. The zero-order chi connectivity index (χ0) is 19.9. The van der Waals surface area contributed by atoms with Crippen LogP contribution in [0.4, 0.5) is 0 Å². The molecule has 3 rings (SSSR count). The maximum Gasteiger partial charge on any atom is 0.227 e. The van der Waals surface area contributed by atoms with E-state index < -0.39 is 0 Å². The number of carbonyl (C=O) groups excluding carboxylic acids is 2. The van der Waals surface area contributed by atoms with Crippen LogP contribution >= 0.6 is 0 Å². The molecule has 2 unspecified atom stereocenters. The number of likely N-dealkylation sites (tertiary alicyclic amines) is 1. The minimum atomic E-state index is -0.180. The van der Waals surface area contributed by atoms with Gasteiger partial charge in [0.25, 0.3) is 0 Å². The highest BCUT2D eigenvalue weighted by molar-refractivity contribution is 5.82. The Morgan fingerprint density at radius 1 is 1.14 bits per heavy atom. The molecule has 2 aromatic carbocycles. The highest BCUT2D eigenvalue weighted by Gasteiger charge is 2.35. The molecule has 1 aliphatic rings. The van der Waals surface area contributed by atoms with E-state index in [0.29, 0.717) is 19.5 Å². The molecular formula is C24H28N2O2. The summed E-state index contributed by atoms with van der Waals surface area (Å²) in [4.78, 5) is 27.6. The van der Waals surface area contributed by atoms with Crippen LogP contribution in [0.3, 0.4) is 0 Å². The normalized spacial score (nSPS) is 19.1. The van der Waals surface area contributed by atoms with Crippen molar-refractivity contribution in [1.82, 2.24) is 10.2 Å². The van der Waals surface area contributed by atoms with E-state index in [9.17, 15) is 9.59 Å². The van der Waals surface area contributed by atoms with Crippen LogP contribution in [0.15, 0.2) is 67.3 Å². The lowest BCUT2D eigenvalue weighted by Crippen LogP contribution is -2.47. The molecule has 0 saturated carbocycles. The highest BCUT2D eigenvalue weighted by Crippen LogP contribution is 2.34. The maximum atomic E-state index is 13.2. The third-order valence-corrected chi connectivity index (χ3v) is 5.32. The number of nitrogens with one attached hydrogen (secondary N) is 1. The second kappa shape index (κ2) is 9.36. The van der Waals surface area contributed by atoms with Crippen molar-refractivity contribution in [2.45, 2.75) is 32.2 Å². The second-order valence-electron chi connectivity index (χ2n) is 7.45. The predicted molar refractivity (Wildman–Crippen MR) is 112 cm³/mol. The van der Waals surface area contributed by atoms with E-state index in [4.69, 9.17) is 0 Å². The number of amides is 2. The van der Waals surface area contributed by atoms with Crippen LogP contribution in [0.1, 0.15) is 35.6 Å². The van der Waals surface area contributed by atoms with Gasteiger partial charge in [0.15, 0.2) is 0 Å². The van der Waals surface area contributed by atoms with Crippen LogP contribution in [-0.2, 0) is 16.0 Å². The van der Waals surface area contributed by atoms with Gasteiger partial charge in [0, 0.05) is 13.1 Å². The minimum absolute atomic E-state index is 0.0000957. The molecule has 1 fully saturated rings. The molecule has 2 amide bonds. The molecule has 1 aliphatic heterocycles. The smallest absolute Gasteiger partial charge is 0.227 e. The first-order valence-corrected chi connectivity index (χ1v) is 9.87. The minimum Gasteiger partial charge on any atom is -0.352 e. The first-order valence-electron chi connectivity index (χ1n) is 9.87. The second-order valence-corrected chi connectivity index (χ2v) is 7.45. The molecule has 2 aromatic rings. The summed E-state index contributed by atoms with van der Waals surface area (Å²) < 4.78 is 0. The number of aryl methyl sites for hydroxylation is 1. The zero-order valence-corrected chi connectivity index (χ0v) is 16.4. The van der Waals surface area contributed by atoms with Gasteiger partial charge < -0.3 is 10.2 Å². The standard InChI is InChI=1S/C24H28N2O2/c1-3-14-25-24(28)21-12-13-22(20-11-7-8-18(2)15-20)26(17-21)23(27)16-19-9-5-4-6-10-19/h3-11,15,21-22H,1,12-14,16-17H2,2H3,(H,25,28). The van der Waals surface area contributed by atoms with E-state index in [2.05, 4.69) is 37.0 Å². The van der Waals surface area contributed by atoms with Gasteiger partial charge in [-0.15, -0.1) is 6.58 Å². The summed E-state index contributed by atoms with van der Waals surface area (Å²) in [6.45, 7) is 6.62. The Kier molecular flexibility index (Phi) is 6.64. The number of carbonyl (C=O) groups is 2. The van der Waals surface area contributed by atoms with Crippen LogP contribution in [0.2, 0.25) is 0 Å². The van der Waals surface area contributed by atoms with Crippen molar-refractivity contribution in [2.24, 2.45) is 5.92 Å². The van der Waals surface area contributed by atoms with Crippen molar-refractivity contribution in [3.8, 4) is 0 Å². The third-order valence-electron chi connectivity index (χ3n) is 5.32. The Balaban J connectivity index is 1.81. The van der Waals surface area contributed by atoms with Crippen LogP contribution in [0, 0.1) is 12.8 Å². The average Bonchev–Trinajstić information content (AvgIpc) is 2.72. The van der Waals surface area contributed by atoms with Gasteiger partial charge in [0.1, 0.15) is 0 Å². The molecule has 0 aromatic heterocycles. The fourth-order valence-electron chi connectivity index (χ4n) is 3.87. The third kappa shape index (κ3) is 4.89. The molecule has 1 heterocycles.